The fraction of sp³-hybridized carbons (Fsp3) is 0.385. The van der Waals surface area contributed by atoms with Crippen LogP contribution in [0.1, 0.15) is 10.6 Å². The van der Waals surface area contributed by atoms with Gasteiger partial charge in [-0.1, -0.05) is 16.4 Å². The fourth-order valence-corrected chi connectivity index (χ4v) is 2.18. The van der Waals surface area contributed by atoms with Gasteiger partial charge in [-0.15, -0.1) is 5.10 Å². The van der Waals surface area contributed by atoms with Crippen LogP contribution in [0.3, 0.4) is 0 Å². The first-order chi connectivity index (χ1) is 9.69. The van der Waals surface area contributed by atoms with Crippen molar-refractivity contribution >= 4 is 11.3 Å². The van der Waals surface area contributed by atoms with E-state index in [2.05, 4.69) is 15.5 Å². The van der Waals surface area contributed by atoms with Gasteiger partial charge in [0.15, 0.2) is 0 Å². The first-order valence-electron chi connectivity index (χ1n) is 6.15. The van der Waals surface area contributed by atoms with Crippen LogP contribution < -0.4 is 10.1 Å². The van der Waals surface area contributed by atoms with Crippen LogP contribution in [0, 0.1) is 12.7 Å². The molecule has 7 heteroatoms. The van der Waals surface area contributed by atoms with E-state index in [9.17, 15) is 4.39 Å². The normalized spacial score (nSPS) is 10.8. The van der Waals surface area contributed by atoms with Gasteiger partial charge in [-0.05, 0) is 30.7 Å². The predicted octanol–water partition coefficient (Wildman–Crippen LogP) is 2.51. The van der Waals surface area contributed by atoms with Crippen molar-refractivity contribution in [3.05, 3.63) is 34.6 Å². The molecule has 0 aliphatic carbocycles. The van der Waals surface area contributed by atoms with Crippen molar-refractivity contribution in [3.63, 3.8) is 0 Å². The molecule has 0 fully saturated rings. The standard InChI is InChI=1S/C13H16FN3O2S/c1-9-7-10(3-4-11(9)14)19-13-17-16-12(20-13)8-15-5-6-18-2/h3-4,7,15H,5-6,8H2,1-2H3. The van der Waals surface area contributed by atoms with Gasteiger partial charge in [0.2, 0.25) is 0 Å². The molecule has 0 bridgehead atoms. The molecule has 20 heavy (non-hydrogen) atoms. The van der Waals surface area contributed by atoms with Crippen LogP contribution in [-0.2, 0) is 11.3 Å². The van der Waals surface area contributed by atoms with Gasteiger partial charge in [-0.25, -0.2) is 4.39 Å². The summed E-state index contributed by atoms with van der Waals surface area (Å²) in [5, 5.41) is 12.4. The van der Waals surface area contributed by atoms with Crippen LogP contribution >= 0.6 is 11.3 Å². The minimum Gasteiger partial charge on any atom is -0.430 e. The number of benzene rings is 1. The van der Waals surface area contributed by atoms with Crippen molar-refractivity contribution < 1.29 is 13.9 Å². The molecule has 2 rings (SSSR count). The van der Waals surface area contributed by atoms with Crippen molar-refractivity contribution in [2.75, 3.05) is 20.3 Å². The third-order valence-electron chi connectivity index (χ3n) is 2.54. The zero-order valence-electron chi connectivity index (χ0n) is 11.4. The number of halogens is 1. The Morgan fingerprint density at radius 3 is 2.95 bits per heavy atom. The smallest absolute Gasteiger partial charge is 0.299 e. The molecule has 0 atom stereocenters. The second-order valence-corrected chi connectivity index (χ2v) is 5.17. The SMILES string of the molecule is COCCNCc1nnc(Oc2ccc(F)c(C)c2)s1. The summed E-state index contributed by atoms with van der Waals surface area (Å²) in [6.07, 6.45) is 0. The quantitative estimate of drug-likeness (QED) is 0.796. The molecule has 1 aromatic heterocycles. The number of aryl methyl sites for hydroxylation is 1. The van der Waals surface area contributed by atoms with Crippen LogP contribution in [0.4, 0.5) is 4.39 Å². The lowest BCUT2D eigenvalue weighted by Gasteiger charge is -2.02. The minimum absolute atomic E-state index is 0.252. The summed E-state index contributed by atoms with van der Waals surface area (Å²) >= 11 is 1.35. The highest BCUT2D eigenvalue weighted by atomic mass is 32.1. The van der Waals surface area contributed by atoms with Gasteiger partial charge in [0.05, 0.1) is 6.61 Å². The Bertz CT molecular complexity index is 562. The molecule has 0 unspecified atom stereocenters. The van der Waals surface area contributed by atoms with Gasteiger partial charge in [0.1, 0.15) is 16.6 Å². The molecule has 0 aliphatic heterocycles. The topological polar surface area (TPSA) is 56.3 Å². The van der Waals surface area contributed by atoms with E-state index in [1.54, 1.807) is 26.2 Å². The van der Waals surface area contributed by atoms with Crippen LogP contribution in [0.15, 0.2) is 18.2 Å². The van der Waals surface area contributed by atoms with Gasteiger partial charge < -0.3 is 14.8 Å². The molecule has 0 aliphatic rings. The molecule has 108 valence electrons. The number of hydrogen-bond donors (Lipinski definition) is 1. The largest absolute Gasteiger partial charge is 0.430 e. The van der Waals surface area contributed by atoms with Crippen LogP contribution in [0.5, 0.6) is 10.9 Å². The van der Waals surface area contributed by atoms with Crippen LogP contribution in [0.25, 0.3) is 0 Å². The highest BCUT2D eigenvalue weighted by molar-refractivity contribution is 7.13. The number of ether oxygens (including phenoxy) is 2. The summed E-state index contributed by atoms with van der Waals surface area (Å²) in [5.41, 5.74) is 0.536. The van der Waals surface area contributed by atoms with Gasteiger partial charge in [0, 0.05) is 20.2 Å². The molecule has 0 spiro atoms. The van der Waals surface area contributed by atoms with E-state index < -0.39 is 0 Å². The van der Waals surface area contributed by atoms with Crippen molar-refractivity contribution in [1.82, 2.24) is 15.5 Å². The summed E-state index contributed by atoms with van der Waals surface area (Å²) in [6.45, 7) is 3.71. The number of methoxy groups -OCH3 is 1. The zero-order valence-corrected chi connectivity index (χ0v) is 12.2. The van der Waals surface area contributed by atoms with E-state index in [1.165, 1.54) is 17.4 Å². The van der Waals surface area contributed by atoms with Gasteiger partial charge in [-0.3, -0.25) is 0 Å². The highest BCUT2D eigenvalue weighted by Crippen LogP contribution is 2.26. The van der Waals surface area contributed by atoms with E-state index in [-0.39, 0.29) is 5.82 Å². The number of rotatable bonds is 7. The summed E-state index contributed by atoms with van der Waals surface area (Å²) < 4.78 is 23.6. The van der Waals surface area contributed by atoms with Crippen molar-refractivity contribution in [1.29, 1.82) is 0 Å². The summed E-state index contributed by atoms with van der Waals surface area (Å²) in [7, 11) is 1.66. The van der Waals surface area contributed by atoms with Gasteiger partial charge >= 0.3 is 0 Å². The Balaban J connectivity index is 1.90. The van der Waals surface area contributed by atoms with Gasteiger partial charge in [0.25, 0.3) is 5.19 Å². The number of hydrogen-bond acceptors (Lipinski definition) is 6. The highest BCUT2D eigenvalue weighted by Gasteiger charge is 2.07. The Hall–Kier alpha value is -1.57. The molecule has 1 N–H and O–H groups in total. The molecule has 0 saturated carbocycles. The monoisotopic (exact) mass is 297 g/mol. The van der Waals surface area contributed by atoms with E-state index in [1.807, 2.05) is 0 Å². The first kappa shape index (κ1) is 14.8. The molecule has 0 amide bonds. The van der Waals surface area contributed by atoms with Crippen LogP contribution in [0.2, 0.25) is 0 Å². The van der Waals surface area contributed by atoms with Crippen molar-refractivity contribution in [2.45, 2.75) is 13.5 Å². The van der Waals surface area contributed by atoms with Gasteiger partial charge in [-0.2, -0.15) is 0 Å². The predicted molar refractivity (Wildman–Crippen MR) is 74.7 cm³/mol. The maximum Gasteiger partial charge on any atom is 0.299 e. The zero-order chi connectivity index (χ0) is 14.4. The van der Waals surface area contributed by atoms with E-state index in [0.717, 1.165) is 11.6 Å². The molecular formula is C13H16FN3O2S. The lowest BCUT2D eigenvalue weighted by atomic mass is 10.2. The number of aromatic nitrogens is 2. The minimum atomic E-state index is -0.252. The second-order valence-electron chi connectivity index (χ2n) is 4.14. The fourth-order valence-electron chi connectivity index (χ4n) is 1.50. The molecule has 1 heterocycles. The van der Waals surface area contributed by atoms with Crippen molar-refractivity contribution in [2.24, 2.45) is 0 Å². The number of nitrogens with zero attached hydrogens (tertiary/aromatic N) is 2. The molecular weight excluding hydrogens is 281 g/mol. The number of nitrogens with one attached hydrogen (secondary N) is 1. The summed E-state index contributed by atoms with van der Waals surface area (Å²) in [6, 6.07) is 4.58. The molecule has 0 saturated heterocycles. The molecule has 2 aromatic rings. The Morgan fingerprint density at radius 2 is 2.20 bits per heavy atom. The maximum absolute atomic E-state index is 13.1. The van der Waals surface area contributed by atoms with E-state index in [0.29, 0.717) is 29.7 Å². The first-order valence-corrected chi connectivity index (χ1v) is 6.96. The lowest BCUT2D eigenvalue weighted by molar-refractivity contribution is 0.199. The third kappa shape index (κ3) is 4.22. The molecule has 0 radical (unpaired) electrons. The Labute approximate surface area is 120 Å². The van der Waals surface area contributed by atoms with Crippen LogP contribution in [-0.4, -0.2) is 30.5 Å². The second kappa shape index (κ2) is 7.28. The Kier molecular flexibility index (Phi) is 5.40. The average molecular weight is 297 g/mol. The molecule has 1 aromatic carbocycles. The maximum atomic E-state index is 13.1. The van der Waals surface area contributed by atoms with E-state index in [4.69, 9.17) is 9.47 Å². The average Bonchev–Trinajstić information content (AvgIpc) is 2.87. The summed E-state index contributed by atoms with van der Waals surface area (Å²) in [4.78, 5) is 0. The van der Waals surface area contributed by atoms with E-state index >= 15 is 0 Å². The Morgan fingerprint density at radius 1 is 1.35 bits per heavy atom. The lowest BCUT2D eigenvalue weighted by Crippen LogP contribution is -2.18. The van der Waals surface area contributed by atoms with Crippen molar-refractivity contribution in [3.8, 4) is 10.9 Å². The third-order valence-corrected chi connectivity index (χ3v) is 3.34. The summed E-state index contributed by atoms with van der Waals surface area (Å²) in [5.74, 6) is 0.302. The molecule has 5 nitrogen and oxygen atoms in total.